The van der Waals surface area contributed by atoms with Crippen LogP contribution in [0.4, 0.5) is 5.69 Å². The van der Waals surface area contributed by atoms with Gasteiger partial charge >= 0.3 is 5.97 Å². The zero-order valence-corrected chi connectivity index (χ0v) is 23.0. The van der Waals surface area contributed by atoms with Gasteiger partial charge in [0.25, 0.3) is 0 Å². The molecular formula is C32H42N2O4. The van der Waals surface area contributed by atoms with Gasteiger partial charge in [-0.3, -0.25) is 4.79 Å². The molecule has 2 aliphatic rings. The first kappa shape index (κ1) is 27.7. The molecule has 1 heterocycles. The van der Waals surface area contributed by atoms with Crippen LogP contribution in [0.1, 0.15) is 86.7 Å². The Bertz CT molecular complexity index is 1110. The van der Waals surface area contributed by atoms with Gasteiger partial charge < -0.3 is 19.7 Å². The third-order valence-corrected chi connectivity index (χ3v) is 7.42. The summed E-state index contributed by atoms with van der Waals surface area (Å²) in [5.74, 6) is 0.428. The number of nitrogens with zero attached hydrogens (tertiary/aromatic N) is 1. The Balaban J connectivity index is 1.58. The average molecular weight is 519 g/mol. The van der Waals surface area contributed by atoms with E-state index in [0.29, 0.717) is 30.4 Å². The third kappa shape index (κ3) is 7.40. The number of benzene rings is 2. The lowest BCUT2D eigenvalue weighted by Crippen LogP contribution is -2.31. The minimum absolute atomic E-state index is 0.0770. The molecule has 1 aliphatic carbocycles. The number of carbonyl (C=O) groups excluding carboxylic acids is 2. The summed E-state index contributed by atoms with van der Waals surface area (Å²) in [7, 11) is 0. The zero-order valence-electron chi connectivity index (χ0n) is 23.0. The van der Waals surface area contributed by atoms with Crippen molar-refractivity contribution in [2.75, 3.05) is 31.2 Å². The molecule has 2 fully saturated rings. The lowest BCUT2D eigenvalue weighted by atomic mass is 9.87. The van der Waals surface area contributed by atoms with Crippen LogP contribution in [0.2, 0.25) is 0 Å². The number of hydrogen-bond acceptors (Lipinski definition) is 5. The molecule has 1 saturated carbocycles. The molecule has 6 heteroatoms. The third-order valence-electron chi connectivity index (χ3n) is 7.42. The molecule has 204 valence electrons. The van der Waals surface area contributed by atoms with Gasteiger partial charge in [-0.05, 0) is 75.6 Å². The van der Waals surface area contributed by atoms with E-state index < -0.39 is 5.97 Å². The number of rotatable bonds is 10. The fraction of sp³-hybridized carbons (Fsp3) is 0.500. The predicted octanol–water partition coefficient (Wildman–Crippen LogP) is 6.53. The molecule has 1 amide bonds. The quantitative estimate of drug-likeness (QED) is 0.362. The molecule has 0 radical (unpaired) electrons. The van der Waals surface area contributed by atoms with Gasteiger partial charge in [-0.2, -0.15) is 0 Å². The van der Waals surface area contributed by atoms with Crippen molar-refractivity contribution >= 4 is 23.3 Å². The second-order valence-corrected chi connectivity index (χ2v) is 10.3. The maximum absolute atomic E-state index is 13.4. The van der Waals surface area contributed by atoms with Gasteiger partial charge in [-0.15, -0.1) is 0 Å². The Morgan fingerprint density at radius 1 is 0.921 bits per heavy atom. The number of hydrogen-bond donors (Lipinski definition) is 1. The van der Waals surface area contributed by atoms with Crippen molar-refractivity contribution < 1.29 is 19.1 Å². The van der Waals surface area contributed by atoms with E-state index in [9.17, 15) is 9.59 Å². The van der Waals surface area contributed by atoms with Gasteiger partial charge in [-0.1, -0.05) is 49.6 Å². The maximum Gasteiger partial charge on any atom is 0.341 e. The van der Waals surface area contributed by atoms with E-state index in [1.807, 2.05) is 6.92 Å². The van der Waals surface area contributed by atoms with Crippen molar-refractivity contribution in [3.63, 3.8) is 0 Å². The van der Waals surface area contributed by atoms with E-state index in [1.54, 1.807) is 25.1 Å². The van der Waals surface area contributed by atoms with Crippen LogP contribution in [0.3, 0.4) is 0 Å². The van der Waals surface area contributed by atoms with Gasteiger partial charge in [0.05, 0.1) is 19.6 Å². The van der Waals surface area contributed by atoms with Crippen LogP contribution in [0.25, 0.3) is 5.70 Å². The van der Waals surface area contributed by atoms with Crippen LogP contribution in [-0.4, -0.2) is 38.2 Å². The highest BCUT2D eigenvalue weighted by Gasteiger charge is 2.21. The topological polar surface area (TPSA) is 67.9 Å². The summed E-state index contributed by atoms with van der Waals surface area (Å²) in [4.78, 5) is 28.2. The average Bonchev–Trinajstić information content (AvgIpc) is 2.94. The first-order valence-corrected chi connectivity index (χ1v) is 14.4. The Morgan fingerprint density at radius 3 is 2.39 bits per heavy atom. The number of allylic oxidation sites excluding steroid dienone is 1. The summed E-state index contributed by atoms with van der Waals surface area (Å²) in [5, 5.41) is 3.28. The first-order valence-electron chi connectivity index (χ1n) is 14.4. The number of ether oxygens (including phenoxy) is 2. The SMILES string of the molecule is CCOC(=O)c1ccc(CC(=O)N/C(=C\C2CCCCC2)c2ccccc2N2CCCCC2)cc1OCC. The molecule has 38 heavy (non-hydrogen) atoms. The zero-order chi connectivity index (χ0) is 26.7. The number of para-hydroxylation sites is 1. The highest BCUT2D eigenvalue weighted by Crippen LogP contribution is 2.32. The largest absolute Gasteiger partial charge is 0.493 e. The van der Waals surface area contributed by atoms with Crippen molar-refractivity contribution in [3.8, 4) is 5.75 Å². The summed E-state index contributed by atoms with van der Waals surface area (Å²) >= 11 is 0. The van der Waals surface area contributed by atoms with Gasteiger partial charge in [0, 0.05) is 30.0 Å². The normalized spacial score (nSPS) is 16.7. The standard InChI is InChI=1S/C32H42N2O4/c1-3-37-30-22-25(17-18-27(30)32(36)38-4-2)23-31(35)33-28(21-24-13-7-5-8-14-24)26-15-9-10-16-29(26)34-19-11-6-12-20-34/h9-10,15-18,21-22,24H,3-8,11-14,19-20,23H2,1-2H3,(H,33,35)/b28-21-. The summed E-state index contributed by atoms with van der Waals surface area (Å²) in [6.07, 6.45) is 12.3. The van der Waals surface area contributed by atoms with Crippen molar-refractivity contribution in [1.29, 1.82) is 0 Å². The molecule has 1 N–H and O–H groups in total. The Kier molecular flexibility index (Phi) is 10.2. The lowest BCUT2D eigenvalue weighted by Gasteiger charge is -2.31. The van der Waals surface area contributed by atoms with Gasteiger partial charge in [-0.25, -0.2) is 4.79 Å². The van der Waals surface area contributed by atoms with Gasteiger partial charge in [0.15, 0.2) is 0 Å². The Hall–Kier alpha value is -3.28. The minimum atomic E-state index is -0.418. The molecule has 0 spiro atoms. The van der Waals surface area contributed by atoms with Crippen LogP contribution < -0.4 is 15.0 Å². The molecule has 6 nitrogen and oxygen atoms in total. The minimum Gasteiger partial charge on any atom is -0.493 e. The fourth-order valence-electron chi connectivity index (χ4n) is 5.56. The molecule has 0 atom stereocenters. The molecule has 4 rings (SSSR count). The number of esters is 1. The van der Waals surface area contributed by atoms with Crippen LogP contribution in [0, 0.1) is 5.92 Å². The van der Waals surface area contributed by atoms with E-state index >= 15 is 0 Å². The van der Waals surface area contributed by atoms with Gasteiger partial charge in [0.2, 0.25) is 5.91 Å². The summed E-state index contributed by atoms with van der Waals surface area (Å²) in [5.41, 5.74) is 4.38. The van der Waals surface area contributed by atoms with Crippen molar-refractivity contribution in [2.45, 2.75) is 71.6 Å². The van der Waals surface area contributed by atoms with Crippen molar-refractivity contribution in [2.24, 2.45) is 5.92 Å². The number of anilines is 1. The Morgan fingerprint density at radius 2 is 1.66 bits per heavy atom. The predicted molar refractivity (Wildman–Crippen MR) is 152 cm³/mol. The molecule has 1 saturated heterocycles. The highest BCUT2D eigenvalue weighted by atomic mass is 16.5. The van der Waals surface area contributed by atoms with Crippen LogP contribution >= 0.6 is 0 Å². The smallest absolute Gasteiger partial charge is 0.341 e. The maximum atomic E-state index is 13.4. The molecule has 2 aromatic rings. The Labute approximate surface area is 227 Å². The summed E-state index contributed by atoms with van der Waals surface area (Å²) in [6.45, 7) is 6.46. The van der Waals surface area contributed by atoms with E-state index in [4.69, 9.17) is 9.47 Å². The molecule has 1 aliphatic heterocycles. The number of nitrogens with one attached hydrogen (secondary N) is 1. The molecule has 0 unspecified atom stereocenters. The molecule has 0 aromatic heterocycles. The van der Waals surface area contributed by atoms with Crippen LogP contribution in [-0.2, 0) is 16.0 Å². The second-order valence-electron chi connectivity index (χ2n) is 10.3. The van der Waals surface area contributed by atoms with E-state index in [-0.39, 0.29) is 12.3 Å². The van der Waals surface area contributed by atoms with E-state index in [2.05, 4.69) is 40.6 Å². The van der Waals surface area contributed by atoms with E-state index in [1.165, 1.54) is 44.2 Å². The van der Waals surface area contributed by atoms with Gasteiger partial charge in [0.1, 0.15) is 11.3 Å². The molecule has 0 bridgehead atoms. The second kappa shape index (κ2) is 14.0. The van der Waals surface area contributed by atoms with Crippen molar-refractivity contribution in [3.05, 3.63) is 65.2 Å². The van der Waals surface area contributed by atoms with Crippen LogP contribution in [0.5, 0.6) is 5.75 Å². The first-order chi connectivity index (χ1) is 18.6. The van der Waals surface area contributed by atoms with Crippen molar-refractivity contribution in [1.82, 2.24) is 5.32 Å². The number of piperidine rings is 1. The van der Waals surface area contributed by atoms with Crippen LogP contribution in [0.15, 0.2) is 48.5 Å². The van der Waals surface area contributed by atoms with E-state index in [0.717, 1.165) is 42.8 Å². The molecule has 2 aromatic carbocycles. The fourth-order valence-corrected chi connectivity index (χ4v) is 5.56. The lowest BCUT2D eigenvalue weighted by molar-refractivity contribution is -0.119. The number of carbonyl (C=O) groups is 2. The highest BCUT2D eigenvalue weighted by molar-refractivity contribution is 5.93. The number of amides is 1. The summed E-state index contributed by atoms with van der Waals surface area (Å²) < 4.78 is 10.9. The molecular weight excluding hydrogens is 476 g/mol. The summed E-state index contributed by atoms with van der Waals surface area (Å²) in [6, 6.07) is 13.8. The monoisotopic (exact) mass is 518 g/mol.